The number of hydrogen-bond donors (Lipinski definition) is 1. The van der Waals surface area contributed by atoms with E-state index in [1.165, 1.54) is 13.3 Å². The molecule has 188 valence electrons. The summed E-state index contributed by atoms with van der Waals surface area (Å²) >= 11 is 9.62. The van der Waals surface area contributed by atoms with Gasteiger partial charge in [-0.2, -0.15) is 5.10 Å². The van der Waals surface area contributed by atoms with E-state index in [1.54, 1.807) is 24.3 Å². The zero-order valence-corrected chi connectivity index (χ0v) is 22.4. The van der Waals surface area contributed by atoms with Crippen LogP contribution in [-0.4, -0.2) is 36.4 Å². The largest absolute Gasteiger partial charge is 0.479 e. The first-order valence-electron chi connectivity index (χ1n) is 11.2. The van der Waals surface area contributed by atoms with Crippen molar-refractivity contribution < 1.29 is 19.1 Å². The molecule has 0 bridgehead atoms. The van der Waals surface area contributed by atoms with Crippen molar-refractivity contribution in [2.75, 3.05) is 13.7 Å². The second-order valence-electron chi connectivity index (χ2n) is 7.99. The van der Waals surface area contributed by atoms with Gasteiger partial charge in [-0.05, 0) is 82.5 Å². The topological polar surface area (TPSA) is 81.9 Å². The van der Waals surface area contributed by atoms with Gasteiger partial charge in [0, 0.05) is 16.9 Å². The molecule has 0 unspecified atom stereocenters. The van der Waals surface area contributed by atoms with Crippen LogP contribution in [0.2, 0.25) is 5.02 Å². The lowest BCUT2D eigenvalue weighted by Crippen LogP contribution is -2.17. The zero-order valence-electron chi connectivity index (χ0n) is 20.1. The number of aryl methyl sites for hydroxylation is 1. The van der Waals surface area contributed by atoms with Crippen molar-refractivity contribution >= 4 is 45.6 Å². The lowest BCUT2D eigenvalue weighted by Gasteiger charge is -2.12. The Balaban J connectivity index is 1.43. The molecule has 0 spiro atoms. The second kappa shape index (κ2) is 11.9. The second-order valence-corrected chi connectivity index (χ2v) is 9.25. The van der Waals surface area contributed by atoms with Crippen molar-refractivity contribution in [3.05, 3.63) is 105 Å². The van der Waals surface area contributed by atoms with E-state index < -0.39 is 5.97 Å². The summed E-state index contributed by atoms with van der Waals surface area (Å²) in [5.41, 5.74) is 7.85. The van der Waals surface area contributed by atoms with Gasteiger partial charge in [0.1, 0.15) is 0 Å². The number of carbonyl (C=O) groups is 2. The highest BCUT2D eigenvalue weighted by Gasteiger charge is 2.13. The molecule has 4 rings (SSSR count). The molecule has 1 heterocycles. The Hall–Kier alpha value is -3.88. The SMILES string of the molecule is COC(=O)COc1c(Cl)cc(/C=N/NC(=O)c2ccc(-n3c(C)ccc3-c3ccccc3)cc2)cc1Br. The molecular formula is C28H23BrClN3O4. The molecule has 37 heavy (non-hydrogen) atoms. The molecule has 1 N–H and O–H groups in total. The lowest BCUT2D eigenvalue weighted by atomic mass is 10.1. The standard InChI is InChI=1S/C28H23BrClN3O4/c1-18-8-13-25(20-6-4-3-5-7-20)33(18)22-11-9-21(10-12-22)28(35)32-31-16-19-14-23(29)27(24(30)15-19)37-17-26(34)36-2/h3-16H,17H2,1-2H3,(H,32,35)/b31-16+. The zero-order chi connectivity index (χ0) is 26.4. The summed E-state index contributed by atoms with van der Waals surface area (Å²) in [6.45, 7) is 1.78. The number of amides is 1. The number of methoxy groups -OCH3 is 1. The van der Waals surface area contributed by atoms with Gasteiger partial charge in [0.2, 0.25) is 0 Å². The number of nitrogens with one attached hydrogen (secondary N) is 1. The highest BCUT2D eigenvalue weighted by molar-refractivity contribution is 9.10. The van der Waals surface area contributed by atoms with Gasteiger partial charge in [-0.3, -0.25) is 4.79 Å². The van der Waals surface area contributed by atoms with Gasteiger partial charge in [0.25, 0.3) is 5.91 Å². The highest BCUT2D eigenvalue weighted by atomic mass is 79.9. The van der Waals surface area contributed by atoms with Crippen LogP contribution in [0.5, 0.6) is 5.75 Å². The van der Waals surface area contributed by atoms with E-state index in [0.717, 1.165) is 22.6 Å². The summed E-state index contributed by atoms with van der Waals surface area (Å²) in [5, 5.41) is 4.31. The van der Waals surface area contributed by atoms with Crippen molar-refractivity contribution in [3.8, 4) is 22.7 Å². The van der Waals surface area contributed by atoms with Crippen LogP contribution in [0.15, 0.2) is 88.4 Å². The van der Waals surface area contributed by atoms with Gasteiger partial charge in [0.15, 0.2) is 12.4 Å². The molecule has 0 aliphatic heterocycles. The van der Waals surface area contributed by atoms with Gasteiger partial charge >= 0.3 is 5.97 Å². The summed E-state index contributed by atoms with van der Waals surface area (Å²) in [4.78, 5) is 23.9. The predicted molar refractivity (Wildman–Crippen MR) is 148 cm³/mol. The molecule has 0 aliphatic carbocycles. The maximum atomic E-state index is 12.6. The summed E-state index contributed by atoms with van der Waals surface area (Å²) in [7, 11) is 1.27. The first kappa shape index (κ1) is 26.2. The Morgan fingerprint density at radius 3 is 2.46 bits per heavy atom. The van der Waals surface area contributed by atoms with Gasteiger partial charge < -0.3 is 14.0 Å². The first-order valence-corrected chi connectivity index (χ1v) is 12.4. The first-order chi connectivity index (χ1) is 17.9. The van der Waals surface area contributed by atoms with Crippen LogP contribution < -0.4 is 10.2 Å². The van der Waals surface area contributed by atoms with Crippen LogP contribution >= 0.6 is 27.5 Å². The number of aromatic nitrogens is 1. The minimum atomic E-state index is -0.524. The third-order valence-corrected chi connectivity index (χ3v) is 6.37. The molecule has 0 fully saturated rings. The average Bonchev–Trinajstić information content (AvgIpc) is 3.29. The number of carbonyl (C=O) groups excluding carboxylic acids is 2. The van der Waals surface area contributed by atoms with Crippen molar-refractivity contribution in [1.82, 2.24) is 9.99 Å². The van der Waals surface area contributed by atoms with Crippen molar-refractivity contribution in [2.45, 2.75) is 6.92 Å². The molecule has 7 nitrogen and oxygen atoms in total. The van der Waals surface area contributed by atoms with Crippen molar-refractivity contribution in [3.63, 3.8) is 0 Å². The third kappa shape index (κ3) is 6.28. The van der Waals surface area contributed by atoms with Gasteiger partial charge in [-0.25, -0.2) is 10.2 Å². The maximum absolute atomic E-state index is 12.6. The van der Waals surface area contributed by atoms with Crippen LogP contribution in [-0.2, 0) is 9.53 Å². The average molecular weight is 581 g/mol. The summed E-state index contributed by atoms with van der Waals surface area (Å²) in [5.74, 6) is -0.565. The molecule has 0 saturated carbocycles. The molecule has 1 amide bonds. The van der Waals surface area contributed by atoms with E-state index in [0.29, 0.717) is 21.3 Å². The monoisotopic (exact) mass is 579 g/mol. The fraction of sp³-hybridized carbons (Fsp3) is 0.107. The van der Waals surface area contributed by atoms with Gasteiger partial charge in [-0.15, -0.1) is 0 Å². The Bertz CT molecular complexity index is 1430. The van der Waals surface area contributed by atoms with E-state index in [4.69, 9.17) is 16.3 Å². The molecule has 4 aromatic rings. The molecule has 0 saturated heterocycles. The Labute approximate surface area is 227 Å². The fourth-order valence-corrected chi connectivity index (χ4v) is 4.68. The van der Waals surface area contributed by atoms with Crippen molar-refractivity contribution in [2.24, 2.45) is 5.10 Å². The molecule has 3 aromatic carbocycles. The van der Waals surface area contributed by atoms with Crippen molar-refractivity contribution in [1.29, 1.82) is 0 Å². The number of esters is 1. The summed E-state index contributed by atoms with van der Waals surface area (Å²) < 4.78 is 12.6. The van der Waals surface area contributed by atoms with Crippen LogP contribution in [0.3, 0.4) is 0 Å². The Morgan fingerprint density at radius 1 is 1.05 bits per heavy atom. The number of ether oxygens (including phenoxy) is 2. The van der Waals surface area contributed by atoms with Gasteiger partial charge in [-0.1, -0.05) is 41.9 Å². The summed E-state index contributed by atoms with van der Waals surface area (Å²) in [6.07, 6.45) is 1.46. The van der Waals surface area contributed by atoms with Crippen LogP contribution in [0, 0.1) is 6.92 Å². The Morgan fingerprint density at radius 2 is 1.78 bits per heavy atom. The summed E-state index contributed by atoms with van der Waals surface area (Å²) in [6, 6.07) is 24.9. The minimum absolute atomic E-state index is 0.269. The highest BCUT2D eigenvalue weighted by Crippen LogP contribution is 2.34. The third-order valence-electron chi connectivity index (χ3n) is 5.50. The number of hydrogen-bond acceptors (Lipinski definition) is 5. The number of hydrazone groups is 1. The molecule has 0 aliphatic rings. The minimum Gasteiger partial charge on any atom is -0.479 e. The van der Waals surface area contributed by atoms with E-state index in [9.17, 15) is 9.59 Å². The van der Waals surface area contributed by atoms with Crippen LogP contribution in [0.25, 0.3) is 16.9 Å². The quantitative estimate of drug-likeness (QED) is 0.153. The van der Waals surface area contributed by atoms with Crippen LogP contribution in [0.1, 0.15) is 21.6 Å². The molecule has 1 aromatic heterocycles. The normalized spacial score (nSPS) is 10.9. The van der Waals surface area contributed by atoms with E-state index in [-0.39, 0.29) is 17.5 Å². The molecule has 0 radical (unpaired) electrons. The molecule has 9 heteroatoms. The number of nitrogens with zero attached hydrogens (tertiary/aromatic N) is 2. The van der Waals surface area contributed by atoms with E-state index in [2.05, 4.69) is 60.0 Å². The van der Waals surface area contributed by atoms with Crippen LogP contribution in [0.4, 0.5) is 0 Å². The molecule has 0 atom stereocenters. The predicted octanol–water partition coefficient (Wildman–Crippen LogP) is 6.18. The number of halogens is 2. The number of rotatable bonds is 8. The lowest BCUT2D eigenvalue weighted by molar-refractivity contribution is -0.142. The smallest absolute Gasteiger partial charge is 0.343 e. The fourth-order valence-electron chi connectivity index (χ4n) is 3.69. The van der Waals surface area contributed by atoms with Gasteiger partial charge in [0.05, 0.1) is 28.5 Å². The number of benzene rings is 3. The van der Waals surface area contributed by atoms with E-state index in [1.807, 2.05) is 37.3 Å². The molecular weight excluding hydrogens is 558 g/mol. The van der Waals surface area contributed by atoms with E-state index >= 15 is 0 Å². The maximum Gasteiger partial charge on any atom is 0.343 e. The Kier molecular flexibility index (Phi) is 8.43.